The molecule has 0 bridgehead atoms. The molecule has 0 saturated heterocycles. The first-order valence-electron chi connectivity index (χ1n) is 7.18. The number of Topliss-reactive ketones (excluding diaryl/α,β-unsaturated/α-hetero) is 1. The Hall–Kier alpha value is -1.78. The van der Waals surface area contributed by atoms with Crippen molar-refractivity contribution in [2.24, 2.45) is 0 Å². The van der Waals surface area contributed by atoms with Crippen LogP contribution in [-0.2, 0) is 0 Å². The third-order valence-electron chi connectivity index (χ3n) is 3.79. The quantitative estimate of drug-likeness (QED) is 0.787. The summed E-state index contributed by atoms with van der Waals surface area (Å²) in [6.07, 6.45) is 0. The van der Waals surface area contributed by atoms with Crippen LogP contribution in [0.15, 0.2) is 18.2 Å². The van der Waals surface area contributed by atoms with Crippen molar-refractivity contribution in [1.29, 1.82) is 0 Å². The van der Waals surface area contributed by atoms with Crippen molar-refractivity contribution in [2.75, 3.05) is 0 Å². The van der Waals surface area contributed by atoms with E-state index in [0.29, 0.717) is 32.6 Å². The molecule has 1 atom stereocenters. The number of amides is 1. The number of H-pyrrole nitrogens is 1. The summed E-state index contributed by atoms with van der Waals surface area (Å²) in [5.41, 5.74) is 3.08. The lowest BCUT2D eigenvalue weighted by atomic mass is 10.1. The Morgan fingerprint density at radius 2 is 1.87 bits per heavy atom. The minimum atomic E-state index is -0.295. The lowest BCUT2D eigenvalue weighted by Gasteiger charge is -2.16. The zero-order valence-corrected chi connectivity index (χ0v) is 14.9. The van der Waals surface area contributed by atoms with Crippen molar-refractivity contribution >= 4 is 34.9 Å². The van der Waals surface area contributed by atoms with Gasteiger partial charge in [0.15, 0.2) is 5.78 Å². The predicted octanol–water partition coefficient (Wildman–Crippen LogP) is 4.63. The van der Waals surface area contributed by atoms with Gasteiger partial charge in [-0.25, -0.2) is 0 Å². The average molecular weight is 353 g/mol. The number of carbonyl (C=O) groups is 2. The highest BCUT2D eigenvalue weighted by Gasteiger charge is 2.21. The molecule has 2 N–H and O–H groups in total. The molecule has 6 heteroatoms. The van der Waals surface area contributed by atoms with Crippen molar-refractivity contribution < 1.29 is 9.59 Å². The Labute approximate surface area is 145 Å². The smallest absolute Gasteiger partial charge is 0.268 e. The zero-order chi connectivity index (χ0) is 17.3. The maximum atomic E-state index is 12.5. The van der Waals surface area contributed by atoms with Gasteiger partial charge in [0.25, 0.3) is 5.91 Å². The van der Waals surface area contributed by atoms with E-state index in [-0.39, 0.29) is 17.7 Å². The predicted molar refractivity (Wildman–Crippen MR) is 92.6 cm³/mol. The summed E-state index contributed by atoms with van der Waals surface area (Å²) in [7, 11) is 0. The number of hydrogen-bond donors (Lipinski definition) is 2. The van der Waals surface area contributed by atoms with Crippen LogP contribution >= 0.6 is 23.2 Å². The highest BCUT2D eigenvalue weighted by Crippen LogP contribution is 2.26. The second-order valence-corrected chi connectivity index (χ2v) is 6.39. The molecule has 0 aliphatic rings. The molecule has 1 aromatic carbocycles. The first kappa shape index (κ1) is 17.6. The lowest BCUT2D eigenvalue weighted by molar-refractivity contribution is 0.0934. The van der Waals surface area contributed by atoms with Crippen molar-refractivity contribution in [1.82, 2.24) is 10.3 Å². The maximum absolute atomic E-state index is 12.5. The van der Waals surface area contributed by atoms with E-state index in [1.165, 1.54) is 6.92 Å². The number of nitrogens with one attached hydrogen (secondary N) is 2. The van der Waals surface area contributed by atoms with E-state index < -0.39 is 0 Å². The summed E-state index contributed by atoms with van der Waals surface area (Å²) in [6.45, 7) is 6.86. The van der Waals surface area contributed by atoms with Crippen molar-refractivity contribution in [3.05, 3.63) is 56.3 Å². The van der Waals surface area contributed by atoms with Crippen molar-refractivity contribution in [3.8, 4) is 0 Å². The van der Waals surface area contributed by atoms with Gasteiger partial charge in [0.1, 0.15) is 5.69 Å². The molecule has 0 radical (unpaired) electrons. The van der Waals surface area contributed by atoms with Crippen LogP contribution in [0.1, 0.15) is 57.6 Å². The van der Waals surface area contributed by atoms with E-state index in [9.17, 15) is 9.59 Å². The van der Waals surface area contributed by atoms with Crippen molar-refractivity contribution in [2.45, 2.75) is 33.7 Å². The molecule has 0 saturated carbocycles. The number of aromatic amines is 1. The number of hydrogen-bond acceptors (Lipinski definition) is 2. The molecule has 0 spiro atoms. The molecule has 1 heterocycles. The molecule has 4 nitrogen and oxygen atoms in total. The van der Waals surface area contributed by atoms with Gasteiger partial charge < -0.3 is 10.3 Å². The molecule has 1 aromatic heterocycles. The fraction of sp³-hybridized carbons (Fsp3) is 0.294. The number of rotatable bonds is 4. The van der Waals surface area contributed by atoms with Crippen LogP contribution in [0, 0.1) is 13.8 Å². The summed E-state index contributed by atoms with van der Waals surface area (Å²) in [6, 6.07) is 4.85. The molecule has 0 aliphatic carbocycles. The van der Waals surface area contributed by atoms with Crippen LogP contribution in [0.2, 0.25) is 10.0 Å². The first-order chi connectivity index (χ1) is 10.7. The summed E-state index contributed by atoms with van der Waals surface area (Å²) >= 11 is 12.1. The standard InChI is InChI=1S/C17H18Cl2N2O2/c1-8-15(11(4)22)10(3)20-16(8)17(23)21-9(2)13-6-5-12(18)7-14(13)19/h5-7,9,20H,1-4H3,(H,21,23). The number of benzene rings is 1. The van der Waals surface area contributed by atoms with Crippen LogP contribution in [0.25, 0.3) is 0 Å². The molecular weight excluding hydrogens is 335 g/mol. The van der Waals surface area contributed by atoms with Crippen molar-refractivity contribution in [3.63, 3.8) is 0 Å². The Bertz CT molecular complexity index is 781. The summed E-state index contributed by atoms with van der Waals surface area (Å²) < 4.78 is 0. The Morgan fingerprint density at radius 3 is 2.39 bits per heavy atom. The Morgan fingerprint density at radius 1 is 1.22 bits per heavy atom. The van der Waals surface area contributed by atoms with Gasteiger partial charge in [0.2, 0.25) is 0 Å². The minimum Gasteiger partial charge on any atom is -0.354 e. The summed E-state index contributed by atoms with van der Waals surface area (Å²) in [5.74, 6) is -0.347. The summed E-state index contributed by atoms with van der Waals surface area (Å²) in [5, 5.41) is 3.92. The number of aryl methyl sites for hydroxylation is 1. The van der Waals surface area contributed by atoms with Crippen LogP contribution in [0.5, 0.6) is 0 Å². The third-order valence-corrected chi connectivity index (χ3v) is 4.36. The van der Waals surface area contributed by atoms with E-state index in [4.69, 9.17) is 23.2 Å². The molecule has 2 rings (SSSR count). The fourth-order valence-electron chi connectivity index (χ4n) is 2.70. The third kappa shape index (κ3) is 3.59. The monoisotopic (exact) mass is 352 g/mol. The maximum Gasteiger partial charge on any atom is 0.268 e. The largest absolute Gasteiger partial charge is 0.354 e. The SMILES string of the molecule is CC(=O)c1c(C)[nH]c(C(=O)NC(C)c2ccc(Cl)cc2Cl)c1C. The van der Waals surface area contributed by atoms with Crippen LogP contribution in [0.3, 0.4) is 0 Å². The highest BCUT2D eigenvalue weighted by atomic mass is 35.5. The molecule has 0 fully saturated rings. The molecule has 23 heavy (non-hydrogen) atoms. The number of aromatic nitrogens is 1. The molecule has 1 amide bonds. The Kier molecular flexibility index (Phi) is 5.17. The first-order valence-corrected chi connectivity index (χ1v) is 7.93. The van der Waals surface area contributed by atoms with E-state index in [1.807, 2.05) is 6.92 Å². The second-order valence-electron chi connectivity index (χ2n) is 5.54. The topological polar surface area (TPSA) is 62.0 Å². The van der Waals surface area contributed by atoms with Gasteiger partial charge in [-0.15, -0.1) is 0 Å². The van der Waals surface area contributed by atoms with E-state index in [1.54, 1.807) is 32.0 Å². The van der Waals surface area contributed by atoms with Gasteiger partial charge in [0.05, 0.1) is 6.04 Å². The number of carbonyl (C=O) groups excluding carboxylic acids is 2. The van der Waals surface area contributed by atoms with E-state index in [0.717, 1.165) is 5.56 Å². The lowest BCUT2D eigenvalue weighted by Crippen LogP contribution is -2.27. The van der Waals surface area contributed by atoms with Gasteiger partial charge in [-0.2, -0.15) is 0 Å². The van der Waals surface area contributed by atoms with E-state index >= 15 is 0 Å². The van der Waals surface area contributed by atoms with Crippen LogP contribution in [0.4, 0.5) is 0 Å². The molecular formula is C17H18Cl2N2O2. The molecule has 1 unspecified atom stereocenters. The number of halogens is 2. The highest BCUT2D eigenvalue weighted by molar-refractivity contribution is 6.35. The summed E-state index contributed by atoms with van der Waals surface area (Å²) in [4.78, 5) is 27.1. The molecule has 2 aromatic rings. The van der Waals surface area contributed by atoms with Gasteiger partial charge in [-0.1, -0.05) is 29.3 Å². The van der Waals surface area contributed by atoms with Gasteiger partial charge in [0, 0.05) is 21.3 Å². The van der Waals surface area contributed by atoms with Gasteiger partial charge in [-0.05, 0) is 51.0 Å². The zero-order valence-electron chi connectivity index (χ0n) is 13.4. The normalized spacial score (nSPS) is 12.1. The average Bonchev–Trinajstić information content (AvgIpc) is 2.73. The van der Waals surface area contributed by atoms with Crippen LogP contribution in [-0.4, -0.2) is 16.7 Å². The second kappa shape index (κ2) is 6.77. The van der Waals surface area contributed by atoms with E-state index in [2.05, 4.69) is 10.3 Å². The fourth-order valence-corrected chi connectivity index (χ4v) is 3.28. The number of ketones is 1. The van der Waals surface area contributed by atoms with Gasteiger partial charge >= 0.3 is 0 Å². The Balaban J connectivity index is 2.25. The van der Waals surface area contributed by atoms with Gasteiger partial charge in [-0.3, -0.25) is 9.59 Å². The van der Waals surface area contributed by atoms with Crippen LogP contribution < -0.4 is 5.32 Å². The molecule has 0 aliphatic heterocycles. The minimum absolute atomic E-state index is 0.0657. The molecule has 122 valence electrons.